The Balaban J connectivity index is 1.80. The van der Waals surface area contributed by atoms with Gasteiger partial charge in [-0.05, 0) is 12.8 Å². The molecule has 1 aliphatic rings. The van der Waals surface area contributed by atoms with Crippen LogP contribution >= 0.6 is 0 Å². The average Bonchev–Trinajstić information content (AvgIpc) is 2.63. The molecule has 0 saturated carbocycles. The van der Waals surface area contributed by atoms with Crippen molar-refractivity contribution in [3.8, 4) is 0 Å². The predicted molar refractivity (Wildman–Crippen MR) is 76.9 cm³/mol. The molecule has 2 rings (SSSR count). The number of carbonyl (C=O) groups is 1. The fourth-order valence-electron chi connectivity index (χ4n) is 2.29. The molecule has 0 saturated heterocycles. The first-order valence-corrected chi connectivity index (χ1v) is 8.97. The van der Waals surface area contributed by atoms with E-state index in [1.807, 2.05) is 0 Å². The summed E-state index contributed by atoms with van der Waals surface area (Å²) >= 11 is 0. The zero-order valence-corrected chi connectivity index (χ0v) is 12.9. The maximum absolute atomic E-state index is 11.7. The van der Waals surface area contributed by atoms with Crippen molar-refractivity contribution in [2.75, 3.05) is 12.8 Å². The van der Waals surface area contributed by atoms with E-state index >= 15 is 0 Å². The number of nitrogens with one attached hydrogen (secondary N) is 2. The van der Waals surface area contributed by atoms with Gasteiger partial charge in [0.15, 0.2) is 5.82 Å². The van der Waals surface area contributed by atoms with Gasteiger partial charge in [-0.3, -0.25) is 4.79 Å². The Bertz CT molecular complexity index is 596. The molecule has 0 aliphatic carbocycles. The van der Waals surface area contributed by atoms with E-state index in [1.54, 1.807) is 0 Å². The molecule has 0 fully saturated rings. The summed E-state index contributed by atoms with van der Waals surface area (Å²) in [7, 11) is -3.25. The lowest BCUT2D eigenvalue weighted by Crippen LogP contribution is -2.30. The molecule has 0 aromatic carbocycles. The molecule has 21 heavy (non-hydrogen) atoms. The topological polar surface area (TPSA) is 106 Å². The molecular weight excluding hydrogens is 294 g/mol. The molecule has 8 nitrogen and oxygen atoms in total. The van der Waals surface area contributed by atoms with E-state index in [2.05, 4.69) is 24.8 Å². The molecule has 118 valence electrons. The van der Waals surface area contributed by atoms with Gasteiger partial charge in [0.2, 0.25) is 15.9 Å². The first-order valence-electron chi connectivity index (χ1n) is 7.08. The summed E-state index contributed by atoms with van der Waals surface area (Å²) in [5.41, 5.74) is 0. The van der Waals surface area contributed by atoms with Gasteiger partial charge in [-0.2, -0.15) is 0 Å². The third-order valence-electron chi connectivity index (χ3n) is 3.35. The molecule has 2 heterocycles. The second kappa shape index (κ2) is 6.99. The van der Waals surface area contributed by atoms with Crippen molar-refractivity contribution in [3.05, 3.63) is 11.6 Å². The van der Waals surface area contributed by atoms with Crippen LogP contribution in [0.5, 0.6) is 0 Å². The minimum Gasteiger partial charge on any atom is -0.349 e. The number of aryl methyl sites for hydroxylation is 1. The highest BCUT2D eigenvalue weighted by Crippen LogP contribution is 2.14. The monoisotopic (exact) mass is 315 g/mol. The van der Waals surface area contributed by atoms with Crippen molar-refractivity contribution in [3.63, 3.8) is 0 Å². The second-order valence-corrected chi connectivity index (χ2v) is 7.02. The summed E-state index contributed by atoms with van der Waals surface area (Å²) in [6, 6.07) is 0. The number of rotatable bonds is 6. The fraction of sp³-hybridized carbons (Fsp3) is 0.750. The molecule has 0 radical (unpaired) electrons. The van der Waals surface area contributed by atoms with E-state index in [0.717, 1.165) is 43.7 Å². The molecule has 0 unspecified atom stereocenters. The molecule has 1 amide bonds. The summed E-state index contributed by atoms with van der Waals surface area (Å²) in [5.74, 6) is 1.53. The highest BCUT2D eigenvalue weighted by Gasteiger charge is 2.15. The maximum Gasteiger partial charge on any atom is 0.221 e. The summed E-state index contributed by atoms with van der Waals surface area (Å²) in [6.07, 6.45) is 5.52. The lowest BCUT2D eigenvalue weighted by molar-refractivity contribution is -0.121. The van der Waals surface area contributed by atoms with Crippen LogP contribution in [0, 0.1) is 0 Å². The largest absolute Gasteiger partial charge is 0.349 e. The van der Waals surface area contributed by atoms with Gasteiger partial charge in [0.25, 0.3) is 0 Å². The predicted octanol–water partition coefficient (Wildman–Crippen LogP) is -0.440. The Labute approximate surface area is 124 Å². The van der Waals surface area contributed by atoms with Crippen LogP contribution in [0.25, 0.3) is 0 Å². The van der Waals surface area contributed by atoms with Crippen LogP contribution in [0.4, 0.5) is 0 Å². The van der Waals surface area contributed by atoms with Crippen molar-refractivity contribution >= 4 is 15.9 Å². The zero-order valence-electron chi connectivity index (χ0n) is 12.1. The third-order valence-corrected chi connectivity index (χ3v) is 4.07. The van der Waals surface area contributed by atoms with Crippen molar-refractivity contribution in [1.29, 1.82) is 0 Å². The van der Waals surface area contributed by atoms with Gasteiger partial charge in [0.1, 0.15) is 5.82 Å². The maximum atomic E-state index is 11.7. The summed E-state index contributed by atoms with van der Waals surface area (Å²) in [6.45, 7) is 1.32. The average molecular weight is 315 g/mol. The van der Waals surface area contributed by atoms with Crippen LogP contribution in [0.15, 0.2) is 0 Å². The summed E-state index contributed by atoms with van der Waals surface area (Å²) in [5, 5.41) is 11.0. The SMILES string of the molecule is CS(=O)(=O)NCCC(=O)NCc1nnc2n1CCCCC2. The first-order chi connectivity index (χ1) is 9.96. The van der Waals surface area contributed by atoms with Crippen molar-refractivity contribution in [2.24, 2.45) is 0 Å². The number of nitrogens with zero attached hydrogens (tertiary/aromatic N) is 3. The van der Waals surface area contributed by atoms with Gasteiger partial charge < -0.3 is 9.88 Å². The van der Waals surface area contributed by atoms with Gasteiger partial charge in [-0.1, -0.05) is 6.42 Å². The smallest absolute Gasteiger partial charge is 0.221 e. The van der Waals surface area contributed by atoms with Gasteiger partial charge in [0, 0.05) is 25.9 Å². The van der Waals surface area contributed by atoms with Crippen molar-refractivity contribution in [2.45, 2.75) is 45.2 Å². The first kappa shape index (κ1) is 15.9. The lowest BCUT2D eigenvalue weighted by atomic mass is 10.2. The van der Waals surface area contributed by atoms with Crippen molar-refractivity contribution < 1.29 is 13.2 Å². The van der Waals surface area contributed by atoms with E-state index in [-0.39, 0.29) is 18.9 Å². The van der Waals surface area contributed by atoms with E-state index < -0.39 is 10.0 Å². The van der Waals surface area contributed by atoms with Gasteiger partial charge in [0.05, 0.1) is 12.8 Å². The van der Waals surface area contributed by atoms with Crippen molar-refractivity contribution in [1.82, 2.24) is 24.8 Å². The summed E-state index contributed by atoms with van der Waals surface area (Å²) in [4.78, 5) is 11.7. The Hall–Kier alpha value is -1.48. The number of hydrogen-bond acceptors (Lipinski definition) is 5. The van der Waals surface area contributed by atoms with Crippen LogP contribution in [0.1, 0.15) is 37.3 Å². The summed E-state index contributed by atoms with van der Waals surface area (Å²) < 4.78 is 26.1. The Morgan fingerprint density at radius 2 is 2.10 bits per heavy atom. The molecule has 1 aromatic heterocycles. The third kappa shape index (κ3) is 5.09. The van der Waals surface area contributed by atoms with Crippen LogP contribution in [0.3, 0.4) is 0 Å². The lowest BCUT2D eigenvalue weighted by Gasteiger charge is -2.08. The minimum absolute atomic E-state index is 0.0998. The van der Waals surface area contributed by atoms with E-state index in [4.69, 9.17) is 0 Å². The number of fused-ring (bicyclic) bond motifs is 1. The van der Waals surface area contributed by atoms with Gasteiger partial charge >= 0.3 is 0 Å². The quantitative estimate of drug-likeness (QED) is 0.740. The standard InChI is InChI=1S/C12H21N5O3S/c1-21(19,20)14-7-6-12(18)13-9-11-16-15-10-5-3-2-4-8-17(10)11/h14H,2-9H2,1H3,(H,13,18). The van der Waals surface area contributed by atoms with Crippen LogP contribution in [-0.4, -0.2) is 41.9 Å². The second-order valence-electron chi connectivity index (χ2n) is 5.19. The molecule has 0 bridgehead atoms. The van der Waals surface area contributed by atoms with Crippen LogP contribution < -0.4 is 10.0 Å². The molecule has 2 N–H and O–H groups in total. The van der Waals surface area contributed by atoms with E-state index in [1.165, 1.54) is 6.42 Å². The highest BCUT2D eigenvalue weighted by atomic mass is 32.2. The number of carbonyl (C=O) groups excluding carboxylic acids is 1. The normalized spacial score (nSPS) is 15.3. The molecule has 9 heteroatoms. The molecule has 0 spiro atoms. The number of hydrogen-bond donors (Lipinski definition) is 2. The number of sulfonamides is 1. The number of amides is 1. The molecular formula is C12H21N5O3S. The minimum atomic E-state index is -3.25. The Morgan fingerprint density at radius 1 is 1.29 bits per heavy atom. The van der Waals surface area contributed by atoms with Crippen LogP contribution in [0.2, 0.25) is 0 Å². The Kier molecular flexibility index (Phi) is 5.29. The fourth-order valence-corrected chi connectivity index (χ4v) is 2.76. The molecule has 0 atom stereocenters. The zero-order chi connectivity index (χ0) is 15.3. The highest BCUT2D eigenvalue weighted by molar-refractivity contribution is 7.88. The van der Waals surface area contributed by atoms with Gasteiger partial charge in [-0.25, -0.2) is 13.1 Å². The molecule has 1 aliphatic heterocycles. The Morgan fingerprint density at radius 3 is 2.86 bits per heavy atom. The molecule has 1 aromatic rings. The van der Waals surface area contributed by atoms with E-state index in [0.29, 0.717) is 6.54 Å². The van der Waals surface area contributed by atoms with Crippen LogP contribution in [-0.2, 0) is 34.3 Å². The number of aromatic nitrogens is 3. The van der Waals surface area contributed by atoms with Gasteiger partial charge in [-0.15, -0.1) is 10.2 Å². The van der Waals surface area contributed by atoms with E-state index in [9.17, 15) is 13.2 Å².